The molecule has 2 N–H and O–H groups in total. The van der Waals surface area contributed by atoms with Crippen molar-refractivity contribution in [3.63, 3.8) is 0 Å². The van der Waals surface area contributed by atoms with Gasteiger partial charge in [-0.2, -0.15) is 5.10 Å². The fourth-order valence-electron chi connectivity index (χ4n) is 3.41. The van der Waals surface area contributed by atoms with Crippen LogP contribution in [0.25, 0.3) is 0 Å². The summed E-state index contributed by atoms with van der Waals surface area (Å²) in [4.78, 5) is 25.7. The molecule has 1 saturated carbocycles. The molecule has 7 heteroatoms. The van der Waals surface area contributed by atoms with E-state index in [0.29, 0.717) is 18.5 Å². The van der Waals surface area contributed by atoms with Gasteiger partial charge in [0.1, 0.15) is 0 Å². The lowest BCUT2D eigenvalue weighted by molar-refractivity contribution is 0.235. The lowest BCUT2D eigenvalue weighted by Gasteiger charge is -2.19. The molecule has 1 aliphatic carbocycles. The topological polar surface area (TPSA) is 79.3 Å². The number of rotatable bonds is 4. The molecule has 2 fully saturated rings. The van der Waals surface area contributed by atoms with Gasteiger partial charge in [-0.3, -0.25) is 4.79 Å². The molecule has 2 heterocycles. The van der Waals surface area contributed by atoms with Crippen molar-refractivity contribution >= 4 is 11.7 Å². The van der Waals surface area contributed by atoms with Crippen LogP contribution >= 0.6 is 0 Å². The Balaban J connectivity index is 1.45. The lowest BCUT2D eigenvalue weighted by atomic mass is 10.1. The summed E-state index contributed by atoms with van der Waals surface area (Å²) in [5.74, 6) is 0.411. The number of hydrogen-bond acceptors (Lipinski definition) is 4. The number of carbonyl (C=O) groups excluding carboxylic acids is 1. The first-order chi connectivity index (χ1) is 11.1. The summed E-state index contributed by atoms with van der Waals surface area (Å²) in [5, 5.41) is 10.1. The molecule has 0 spiro atoms. The van der Waals surface area contributed by atoms with Gasteiger partial charge in [0.15, 0.2) is 0 Å². The van der Waals surface area contributed by atoms with E-state index in [9.17, 15) is 9.59 Å². The molecule has 2 amide bonds. The van der Waals surface area contributed by atoms with Gasteiger partial charge in [0.2, 0.25) is 0 Å². The van der Waals surface area contributed by atoms with Crippen LogP contribution in [0.2, 0.25) is 0 Å². The highest BCUT2D eigenvalue weighted by molar-refractivity contribution is 5.74. The van der Waals surface area contributed by atoms with E-state index in [-0.39, 0.29) is 11.6 Å². The van der Waals surface area contributed by atoms with Crippen molar-refractivity contribution in [3.05, 3.63) is 22.6 Å². The van der Waals surface area contributed by atoms with Gasteiger partial charge in [-0.05, 0) is 25.2 Å². The van der Waals surface area contributed by atoms with Crippen molar-refractivity contribution in [2.45, 2.75) is 38.1 Å². The number of hydrogen-bond donors (Lipinski definition) is 2. The molecule has 23 heavy (non-hydrogen) atoms. The fourth-order valence-corrected chi connectivity index (χ4v) is 3.41. The zero-order valence-corrected chi connectivity index (χ0v) is 13.6. The highest BCUT2D eigenvalue weighted by Crippen LogP contribution is 2.21. The molecule has 1 aromatic rings. The van der Waals surface area contributed by atoms with Gasteiger partial charge in [0, 0.05) is 38.8 Å². The minimum absolute atomic E-state index is 0.0504. The van der Waals surface area contributed by atoms with Gasteiger partial charge < -0.3 is 15.5 Å². The Morgan fingerprint density at radius 3 is 2.87 bits per heavy atom. The van der Waals surface area contributed by atoms with Crippen molar-refractivity contribution in [1.29, 1.82) is 0 Å². The van der Waals surface area contributed by atoms with Crippen molar-refractivity contribution in [1.82, 2.24) is 20.4 Å². The molecule has 0 bridgehead atoms. The third kappa shape index (κ3) is 4.03. The molecule has 126 valence electrons. The van der Waals surface area contributed by atoms with Gasteiger partial charge in [-0.1, -0.05) is 12.8 Å². The van der Waals surface area contributed by atoms with Crippen LogP contribution in [0.3, 0.4) is 0 Å². The number of anilines is 1. The van der Waals surface area contributed by atoms with Crippen LogP contribution in [0, 0.1) is 5.92 Å². The number of amides is 2. The predicted molar refractivity (Wildman–Crippen MR) is 88.6 cm³/mol. The first-order valence-electron chi connectivity index (χ1n) is 8.44. The fraction of sp³-hybridized carbons (Fsp3) is 0.688. The first-order valence-corrected chi connectivity index (χ1v) is 8.44. The average molecular weight is 319 g/mol. The van der Waals surface area contributed by atoms with E-state index < -0.39 is 0 Å². The van der Waals surface area contributed by atoms with Gasteiger partial charge in [-0.15, -0.1) is 0 Å². The van der Waals surface area contributed by atoms with Crippen LogP contribution in [0.15, 0.2) is 17.1 Å². The third-order valence-corrected chi connectivity index (χ3v) is 4.85. The summed E-state index contributed by atoms with van der Waals surface area (Å²) in [6, 6.07) is 1.92. The summed E-state index contributed by atoms with van der Waals surface area (Å²) in [7, 11) is 1.64. The van der Waals surface area contributed by atoms with E-state index in [1.165, 1.54) is 17.5 Å². The monoisotopic (exact) mass is 319 g/mol. The summed E-state index contributed by atoms with van der Waals surface area (Å²) in [5.41, 5.74) is 0.769. The molecule has 1 saturated heterocycles. The second kappa shape index (κ2) is 7.02. The predicted octanol–water partition coefficient (Wildman–Crippen LogP) is 0.848. The molecule has 1 aromatic heterocycles. The van der Waals surface area contributed by atoms with E-state index in [1.54, 1.807) is 19.3 Å². The Bertz CT molecular complexity index is 609. The van der Waals surface area contributed by atoms with E-state index in [0.717, 1.165) is 38.0 Å². The molecule has 3 rings (SSSR count). The first kappa shape index (κ1) is 15.8. The molecule has 2 aliphatic rings. The molecule has 1 aliphatic heterocycles. The van der Waals surface area contributed by atoms with Crippen molar-refractivity contribution < 1.29 is 4.79 Å². The van der Waals surface area contributed by atoms with E-state index in [4.69, 9.17) is 0 Å². The number of nitrogens with zero attached hydrogens (tertiary/aromatic N) is 3. The number of carbonyl (C=O) groups is 1. The summed E-state index contributed by atoms with van der Waals surface area (Å²) >= 11 is 0. The van der Waals surface area contributed by atoms with Gasteiger partial charge in [0.25, 0.3) is 5.56 Å². The van der Waals surface area contributed by atoms with E-state index in [2.05, 4.69) is 20.6 Å². The highest BCUT2D eigenvalue weighted by atomic mass is 16.2. The van der Waals surface area contributed by atoms with Crippen LogP contribution in [-0.4, -0.2) is 41.5 Å². The smallest absolute Gasteiger partial charge is 0.315 e. The minimum Gasteiger partial charge on any atom is -0.370 e. The highest BCUT2D eigenvalue weighted by Gasteiger charge is 2.24. The normalized spacial score (nSPS) is 21.6. The number of nitrogens with one attached hydrogen (secondary N) is 2. The maximum Gasteiger partial charge on any atom is 0.315 e. The molecule has 1 atom stereocenters. The van der Waals surface area contributed by atoms with Gasteiger partial charge in [-0.25, -0.2) is 9.48 Å². The molecule has 0 radical (unpaired) electrons. The average Bonchev–Trinajstić information content (AvgIpc) is 3.19. The second-order valence-corrected chi connectivity index (χ2v) is 6.61. The number of aromatic nitrogens is 2. The Morgan fingerprint density at radius 1 is 1.35 bits per heavy atom. The second-order valence-electron chi connectivity index (χ2n) is 6.61. The molecule has 7 nitrogen and oxygen atoms in total. The SMILES string of the molecule is Cn1ncc(N2CCC(CNC(=O)NC3CCCC3)C2)cc1=O. The van der Waals surface area contributed by atoms with Crippen LogP contribution in [0.1, 0.15) is 32.1 Å². The Labute approximate surface area is 136 Å². The summed E-state index contributed by atoms with van der Waals surface area (Å²) < 4.78 is 1.33. The van der Waals surface area contributed by atoms with E-state index in [1.807, 2.05) is 0 Å². The Kier molecular flexibility index (Phi) is 4.83. The third-order valence-electron chi connectivity index (χ3n) is 4.85. The van der Waals surface area contributed by atoms with Crippen LogP contribution in [-0.2, 0) is 7.05 Å². The zero-order valence-electron chi connectivity index (χ0n) is 13.6. The Hall–Kier alpha value is -2.05. The molecular formula is C16H25N5O2. The number of urea groups is 1. The lowest BCUT2D eigenvalue weighted by Crippen LogP contribution is -2.43. The van der Waals surface area contributed by atoms with Crippen molar-refractivity contribution in [3.8, 4) is 0 Å². The van der Waals surface area contributed by atoms with E-state index >= 15 is 0 Å². The van der Waals surface area contributed by atoms with Crippen molar-refractivity contribution in [2.75, 3.05) is 24.5 Å². The maximum atomic E-state index is 11.9. The number of aryl methyl sites for hydroxylation is 1. The standard InChI is InChI=1S/C16H25N5O2/c1-20-15(22)8-14(10-18-20)21-7-6-12(11-21)9-17-16(23)19-13-4-2-3-5-13/h8,10,12-13H,2-7,9,11H2,1H3,(H2,17,19,23). The van der Waals surface area contributed by atoms with Gasteiger partial charge >= 0.3 is 6.03 Å². The summed E-state index contributed by atoms with van der Waals surface area (Å²) in [6.45, 7) is 2.41. The maximum absolute atomic E-state index is 11.9. The molecular weight excluding hydrogens is 294 g/mol. The minimum atomic E-state index is -0.0972. The quantitative estimate of drug-likeness (QED) is 0.862. The van der Waals surface area contributed by atoms with Crippen LogP contribution < -0.4 is 21.1 Å². The Morgan fingerprint density at radius 2 is 2.13 bits per heavy atom. The largest absolute Gasteiger partial charge is 0.370 e. The van der Waals surface area contributed by atoms with Gasteiger partial charge in [0.05, 0.1) is 11.9 Å². The van der Waals surface area contributed by atoms with Crippen molar-refractivity contribution in [2.24, 2.45) is 13.0 Å². The van der Waals surface area contributed by atoms with Crippen LogP contribution in [0.4, 0.5) is 10.5 Å². The van der Waals surface area contributed by atoms with Crippen LogP contribution in [0.5, 0.6) is 0 Å². The molecule has 0 aromatic carbocycles. The zero-order chi connectivity index (χ0) is 16.2. The summed E-state index contributed by atoms with van der Waals surface area (Å²) in [6.07, 6.45) is 7.37. The molecule has 1 unspecified atom stereocenters.